The minimum Gasteiger partial charge on any atom is -0.458 e. The number of carbonyl (C=O) groups excluding carboxylic acids is 1. The number of rotatable bonds is 5. The molecule has 122 valence electrons. The lowest BCUT2D eigenvalue weighted by Crippen LogP contribution is -2.47. The molecule has 0 amide bonds. The molecule has 2 rings (SSSR count). The van der Waals surface area contributed by atoms with Gasteiger partial charge in [0.15, 0.2) is 0 Å². The van der Waals surface area contributed by atoms with Crippen molar-refractivity contribution in [2.45, 2.75) is 52.1 Å². The number of hydrogen-bond donors (Lipinski definition) is 0. The van der Waals surface area contributed by atoms with E-state index in [1.165, 1.54) is 32.4 Å². The van der Waals surface area contributed by atoms with E-state index in [0.29, 0.717) is 6.61 Å². The van der Waals surface area contributed by atoms with Gasteiger partial charge in [0.05, 0.1) is 0 Å². The van der Waals surface area contributed by atoms with Gasteiger partial charge in [0.25, 0.3) is 0 Å². The van der Waals surface area contributed by atoms with Crippen LogP contribution in [0.25, 0.3) is 0 Å². The maximum Gasteiger partial charge on any atom is 0.332 e. The first-order valence-electron chi connectivity index (χ1n) is 8.33. The summed E-state index contributed by atoms with van der Waals surface area (Å²) in [6.45, 7) is 8.86. The summed E-state index contributed by atoms with van der Waals surface area (Å²) >= 11 is 0. The van der Waals surface area contributed by atoms with Gasteiger partial charge in [-0.05, 0) is 64.8 Å². The van der Waals surface area contributed by atoms with Crippen LogP contribution in [0.15, 0.2) is 0 Å². The smallest absolute Gasteiger partial charge is 0.332 e. The van der Waals surface area contributed by atoms with E-state index in [9.17, 15) is 4.79 Å². The first-order chi connectivity index (χ1) is 9.85. The van der Waals surface area contributed by atoms with Crippen LogP contribution in [-0.2, 0) is 14.3 Å². The highest BCUT2D eigenvalue weighted by Gasteiger charge is 2.37. The molecule has 4 nitrogen and oxygen atoms in total. The van der Waals surface area contributed by atoms with E-state index in [0.717, 1.165) is 24.2 Å². The molecule has 0 spiro atoms. The summed E-state index contributed by atoms with van der Waals surface area (Å²) in [4.78, 5) is 14.1. The second-order valence-electron chi connectivity index (χ2n) is 7.76. The second kappa shape index (κ2) is 7.10. The maximum absolute atomic E-state index is 11.6. The van der Waals surface area contributed by atoms with Gasteiger partial charge in [-0.2, -0.15) is 0 Å². The third-order valence-corrected chi connectivity index (χ3v) is 4.69. The van der Waals surface area contributed by atoms with Crippen LogP contribution >= 0.6 is 0 Å². The summed E-state index contributed by atoms with van der Waals surface area (Å²) in [6, 6.07) is 0. The number of nitrogens with zero attached hydrogens (tertiary/aromatic N) is 1. The first-order valence-corrected chi connectivity index (χ1v) is 8.33. The van der Waals surface area contributed by atoms with Crippen LogP contribution in [0.3, 0.4) is 0 Å². The van der Waals surface area contributed by atoms with E-state index in [1.54, 1.807) is 0 Å². The highest BCUT2D eigenvalue weighted by molar-refractivity contribution is 5.71. The van der Waals surface area contributed by atoms with Crippen molar-refractivity contribution in [3.8, 4) is 0 Å². The average Bonchev–Trinajstić information content (AvgIpc) is 2.32. The highest BCUT2D eigenvalue weighted by atomic mass is 16.6. The summed E-state index contributed by atoms with van der Waals surface area (Å²) in [7, 11) is 2.24. The van der Waals surface area contributed by atoms with Crippen molar-refractivity contribution in [1.82, 2.24) is 4.90 Å². The van der Waals surface area contributed by atoms with E-state index in [2.05, 4.69) is 11.9 Å². The van der Waals surface area contributed by atoms with Gasteiger partial charge in [0, 0.05) is 19.7 Å². The van der Waals surface area contributed by atoms with Crippen LogP contribution in [0, 0.1) is 17.8 Å². The summed E-state index contributed by atoms with van der Waals surface area (Å²) in [6.07, 6.45) is 5.19. The largest absolute Gasteiger partial charge is 0.458 e. The van der Waals surface area contributed by atoms with Gasteiger partial charge >= 0.3 is 5.97 Å². The average molecular weight is 297 g/mol. The third-order valence-electron chi connectivity index (χ3n) is 4.69. The SMILES string of the molecule is CN1CC2CCCC(C1)C2CCOCC(=O)OC(C)(C)C. The van der Waals surface area contributed by atoms with Crippen molar-refractivity contribution in [2.24, 2.45) is 17.8 Å². The Morgan fingerprint density at radius 3 is 2.38 bits per heavy atom. The van der Waals surface area contributed by atoms with Gasteiger partial charge in [-0.1, -0.05) is 6.42 Å². The van der Waals surface area contributed by atoms with Gasteiger partial charge < -0.3 is 14.4 Å². The number of likely N-dealkylation sites (tertiary alicyclic amines) is 1. The molecule has 2 fully saturated rings. The molecule has 1 saturated carbocycles. The molecular weight excluding hydrogens is 266 g/mol. The second-order valence-corrected chi connectivity index (χ2v) is 7.76. The lowest BCUT2D eigenvalue weighted by Gasteiger charge is -2.46. The molecule has 1 heterocycles. The zero-order valence-corrected chi connectivity index (χ0v) is 14.1. The number of piperidine rings is 1. The Morgan fingerprint density at radius 1 is 1.19 bits per heavy atom. The topological polar surface area (TPSA) is 38.8 Å². The van der Waals surface area contributed by atoms with Crippen molar-refractivity contribution in [3.63, 3.8) is 0 Å². The van der Waals surface area contributed by atoms with Gasteiger partial charge in [0.2, 0.25) is 0 Å². The first kappa shape index (κ1) is 16.8. The number of hydrogen-bond acceptors (Lipinski definition) is 4. The molecule has 2 aliphatic rings. The predicted octanol–water partition coefficient (Wildman–Crippen LogP) is 2.71. The minimum absolute atomic E-state index is 0.0826. The molecule has 2 unspecified atom stereocenters. The fourth-order valence-corrected chi connectivity index (χ4v) is 4.00. The summed E-state index contributed by atoms with van der Waals surface area (Å²) in [5, 5.41) is 0. The van der Waals surface area contributed by atoms with Crippen LogP contribution in [0.5, 0.6) is 0 Å². The van der Waals surface area contributed by atoms with Crippen molar-refractivity contribution < 1.29 is 14.3 Å². The molecule has 2 bridgehead atoms. The number of esters is 1. The van der Waals surface area contributed by atoms with Crippen molar-refractivity contribution in [2.75, 3.05) is 33.4 Å². The molecule has 0 aromatic rings. The van der Waals surface area contributed by atoms with Crippen LogP contribution in [-0.4, -0.2) is 49.8 Å². The molecule has 0 N–H and O–H groups in total. The molecule has 1 aliphatic heterocycles. The maximum atomic E-state index is 11.6. The molecule has 0 aromatic carbocycles. The van der Waals surface area contributed by atoms with Crippen LogP contribution in [0.2, 0.25) is 0 Å². The predicted molar refractivity (Wildman–Crippen MR) is 83.1 cm³/mol. The van der Waals surface area contributed by atoms with Crippen LogP contribution in [0.1, 0.15) is 46.5 Å². The van der Waals surface area contributed by atoms with Gasteiger partial charge in [-0.25, -0.2) is 4.79 Å². The van der Waals surface area contributed by atoms with E-state index in [4.69, 9.17) is 9.47 Å². The van der Waals surface area contributed by atoms with Gasteiger partial charge in [0.1, 0.15) is 12.2 Å². The van der Waals surface area contributed by atoms with Crippen molar-refractivity contribution >= 4 is 5.97 Å². The molecule has 2 atom stereocenters. The van der Waals surface area contributed by atoms with Crippen LogP contribution < -0.4 is 0 Å². The van der Waals surface area contributed by atoms with E-state index < -0.39 is 5.60 Å². The van der Waals surface area contributed by atoms with E-state index in [1.807, 2.05) is 20.8 Å². The lowest BCUT2D eigenvalue weighted by atomic mass is 9.68. The highest BCUT2D eigenvalue weighted by Crippen LogP contribution is 2.41. The van der Waals surface area contributed by atoms with Crippen molar-refractivity contribution in [1.29, 1.82) is 0 Å². The molecule has 4 heteroatoms. The lowest BCUT2D eigenvalue weighted by molar-refractivity contribution is -0.160. The zero-order chi connectivity index (χ0) is 15.5. The number of carbonyl (C=O) groups is 1. The minimum atomic E-state index is -0.425. The Balaban J connectivity index is 1.68. The number of ether oxygens (including phenoxy) is 2. The quantitative estimate of drug-likeness (QED) is 0.578. The monoisotopic (exact) mass is 297 g/mol. The fourth-order valence-electron chi connectivity index (χ4n) is 4.00. The Bertz CT molecular complexity index is 336. The summed E-state index contributed by atoms with van der Waals surface area (Å²) in [5.74, 6) is 2.18. The molecule has 0 radical (unpaired) electrons. The van der Waals surface area contributed by atoms with Gasteiger partial charge in [-0.15, -0.1) is 0 Å². The summed E-state index contributed by atoms with van der Waals surface area (Å²) in [5.41, 5.74) is -0.425. The molecule has 21 heavy (non-hydrogen) atoms. The third kappa shape index (κ3) is 5.26. The molecule has 0 aromatic heterocycles. The normalized spacial score (nSPS) is 30.2. The Hall–Kier alpha value is -0.610. The molecule has 1 aliphatic carbocycles. The van der Waals surface area contributed by atoms with E-state index in [-0.39, 0.29) is 12.6 Å². The molecule has 1 saturated heterocycles. The Kier molecular flexibility index (Phi) is 5.67. The Labute approximate surface area is 129 Å². The fraction of sp³-hybridized carbons (Fsp3) is 0.941. The standard InChI is InChI=1S/C17H31NO3/c1-17(2,3)21-16(19)12-20-9-8-15-13-6-5-7-14(15)11-18(4)10-13/h13-15H,5-12H2,1-4H3. The number of fused-ring (bicyclic) bond motifs is 2. The Morgan fingerprint density at radius 2 is 1.81 bits per heavy atom. The molecular formula is C17H31NO3. The van der Waals surface area contributed by atoms with Crippen molar-refractivity contribution in [3.05, 3.63) is 0 Å². The van der Waals surface area contributed by atoms with Gasteiger partial charge in [-0.3, -0.25) is 0 Å². The van der Waals surface area contributed by atoms with E-state index >= 15 is 0 Å². The zero-order valence-electron chi connectivity index (χ0n) is 14.1. The van der Waals surface area contributed by atoms with Crippen LogP contribution in [0.4, 0.5) is 0 Å². The summed E-state index contributed by atoms with van der Waals surface area (Å²) < 4.78 is 10.8.